The minimum Gasteiger partial charge on any atom is -0.365 e. The third kappa shape index (κ3) is 1.53. The molecule has 0 bridgehead atoms. The molecule has 3 N–H and O–H groups in total. The van der Waals surface area contributed by atoms with E-state index in [0.29, 0.717) is 11.3 Å². The average molecular weight is 227 g/mol. The number of benzene rings is 1. The first-order valence-electron chi connectivity index (χ1n) is 5.72. The van der Waals surface area contributed by atoms with Gasteiger partial charge in [0.2, 0.25) is 0 Å². The van der Waals surface area contributed by atoms with Gasteiger partial charge in [0.1, 0.15) is 5.69 Å². The van der Waals surface area contributed by atoms with E-state index in [1.807, 2.05) is 12.1 Å². The zero-order valence-corrected chi connectivity index (χ0v) is 9.36. The number of H-pyrrole nitrogens is 1. The first-order valence-corrected chi connectivity index (χ1v) is 5.72. The number of hydrogen-bond acceptors (Lipinski definition) is 2. The van der Waals surface area contributed by atoms with Gasteiger partial charge in [-0.15, -0.1) is 0 Å². The molecule has 1 heterocycles. The summed E-state index contributed by atoms with van der Waals surface area (Å²) in [7, 11) is 0. The minimum atomic E-state index is -0.440. The van der Waals surface area contributed by atoms with Gasteiger partial charge >= 0.3 is 0 Å². The highest BCUT2D eigenvalue weighted by atomic mass is 16.1. The maximum Gasteiger partial charge on any atom is 0.252 e. The van der Waals surface area contributed by atoms with Crippen LogP contribution in [0.5, 0.6) is 0 Å². The molecule has 2 aromatic rings. The highest BCUT2D eigenvalue weighted by molar-refractivity contribution is 5.99. The molecule has 0 unspecified atom stereocenters. The third-order valence-corrected chi connectivity index (χ3v) is 3.31. The lowest BCUT2D eigenvalue weighted by Gasteiger charge is -2.06. The van der Waals surface area contributed by atoms with Gasteiger partial charge in [0.15, 0.2) is 0 Å². The van der Waals surface area contributed by atoms with Crippen LogP contribution in [0.15, 0.2) is 24.4 Å². The molecule has 0 saturated heterocycles. The molecule has 17 heavy (non-hydrogen) atoms. The standard InChI is InChI=1S/C13H13N3O/c14-13(17)11-7-15-16-12(11)10-6-2-4-8-3-1-5-9(8)10/h2,4,6-7H,1,3,5H2,(H2,14,17)(H,15,16). The Morgan fingerprint density at radius 3 is 3.06 bits per heavy atom. The van der Waals surface area contributed by atoms with Crippen LogP contribution in [-0.4, -0.2) is 16.1 Å². The van der Waals surface area contributed by atoms with Crippen LogP contribution in [0.25, 0.3) is 11.3 Å². The zero-order valence-electron chi connectivity index (χ0n) is 9.36. The minimum absolute atomic E-state index is 0.440. The fourth-order valence-corrected chi connectivity index (χ4v) is 2.52. The lowest BCUT2D eigenvalue weighted by molar-refractivity contribution is 0.100. The monoisotopic (exact) mass is 227 g/mol. The number of hydrogen-bond donors (Lipinski definition) is 2. The number of aryl methyl sites for hydroxylation is 1. The lowest BCUT2D eigenvalue weighted by atomic mass is 9.98. The highest BCUT2D eigenvalue weighted by Crippen LogP contribution is 2.32. The smallest absolute Gasteiger partial charge is 0.252 e. The van der Waals surface area contributed by atoms with E-state index in [0.717, 1.165) is 18.4 Å². The number of nitrogens with two attached hydrogens (primary N) is 1. The van der Waals surface area contributed by atoms with Crippen molar-refractivity contribution in [2.24, 2.45) is 5.73 Å². The molecule has 0 atom stereocenters. The van der Waals surface area contributed by atoms with Crippen molar-refractivity contribution in [2.75, 3.05) is 0 Å². The second kappa shape index (κ2) is 3.73. The molecule has 1 aliphatic rings. The molecule has 86 valence electrons. The van der Waals surface area contributed by atoms with E-state index in [2.05, 4.69) is 16.3 Å². The van der Waals surface area contributed by atoms with Gasteiger partial charge in [0.25, 0.3) is 5.91 Å². The molecule has 3 rings (SSSR count). The van der Waals surface area contributed by atoms with Crippen LogP contribution in [-0.2, 0) is 12.8 Å². The van der Waals surface area contributed by atoms with E-state index < -0.39 is 5.91 Å². The Morgan fingerprint density at radius 1 is 1.35 bits per heavy atom. The van der Waals surface area contributed by atoms with Gasteiger partial charge in [0, 0.05) is 11.8 Å². The summed E-state index contributed by atoms with van der Waals surface area (Å²) in [6.45, 7) is 0. The SMILES string of the molecule is NC(=O)c1c[nH]nc1-c1cccc2c1CCC2. The number of nitrogens with zero attached hydrogens (tertiary/aromatic N) is 1. The van der Waals surface area contributed by atoms with Crippen molar-refractivity contribution in [3.8, 4) is 11.3 Å². The zero-order chi connectivity index (χ0) is 11.8. The number of primary amides is 1. The summed E-state index contributed by atoms with van der Waals surface area (Å²) in [5, 5.41) is 6.88. The maximum atomic E-state index is 11.3. The summed E-state index contributed by atoms with van der Waals surface area (Å²) in [4.78, 5) is 11.3. The molecule has 0 radical (unpaired) electrons. The maximum absolute atomic E-state index is 11.3. The van der Waals surface area contributed by atoms with Gasteiger partial charge in [-0.3, -0.25) is 9.89 Å². The van der Waals surface area contributed by atoms with E-state index in [4.69, 9.17) is 5.73 Å². The van der Waals surface area contributed by atoms with Crippen LogP contribution in [0.2, 0.25) is 0 Å². The van der Waals surface area contributed by atoms with Crippen LogP contribution in [0.3, 0.4) is 0 Å². The normalized spacial score (nSPS) is 13.6. The predicted octanol–water partition coefficient (Wildman–Crippen LogP) is 1.66. The number of fused-ring (bicyclic) bond motifs is 1. The number of carbonyl (C=O) groups excluding carboxylic acids is 1. The van der Waals surface area contributed by atoms with Crippen LogP contribution in [0.1, 0.15) is 27.9 Å². The summed E-state index contributed by atoms with van der Waals surface area (Å²) in [6, 6.07) is 6.16. The fraction of sp³-hybridized carbons (Fsp3) is 0.231. The summed E-state index contributed by atoms with van der Waals surface area (Å²) in [5.74, 6) is -0.440. The Kier molecular flexibility index (Phi) is 2.21. The molecule has 4 nitrogen and oxygen atoms in total. The fourth-order valence-electron chi connectivity index (χ4n) is 2.52. The highest BCUT2D eigenvalue weighted by Gasteiger charge is 2.20. The van der Waals surface area contributed by atoms with E-state index >= 15 is 0 Å². The molecule has 1 aromatic heterocycles. The Hall–Kier alpha value is -2.10. The first kappa shape index (κ1) is 10.1. The molecular formula is C13H13N3O. The average Bonchev–Trinajstić information content (AvgIpc) is 2.97. The summed E-state index contributed by atoms with van der Waals surface area (Å²) < 4.78 is 0. The molecule has 0 saturated carbocycles. The van der Waals surface area contributed by atoms with Crippen LogP contribution in [0.4, 0.5) is 0 Å². The number of carbonyl (C=O) groups is 1. The van der Waals surface area contributed by atoms with Crippen molar-refractivity contribution in [3.05, 3.63) is 41.1 Å². The second-order valence-electron chi connectivity index (χ2n) is 4.31. The number of aromatic nitrogens is 2. The Labute approximate surface area is 98.8 Å². The number of amides is 1. The van der Waals surface area contributed by atoms with Crippen LogP contribution < -0.4 is 5.73 Å². The number of rotatable bonds is 2. The quantitative estimate of drug-likeness (QED) is 0.819. The number of aromatic amines is 1. The third-order valence-electron chi connectivity index (χ3n) is 3.31. The van der Waals surface area contributed by atoms with Gasteiger partial charge in [0.05, 0.1) is 5.56 Å². The van der Waals surface area contributed by atoms with Crippen molar-refractivity contribution >= 4 is 5.91 Å². The van der Waals surface area contributed by atoms with Crippen molar-refractivity contribution in [1.82, 2.24) is 10.2 Å². The van der Waals surface area contributed by atoms with Crippen LogP contribution >= 0.6 is 0 Å². The van der Waals surface area contributed by atoms with Gasteiger partial charge in [-0.25, -0.2) is 0 Å². The van der Waals surface area contributed by atoms with Crippen molar-refractivity contribution in [2.45, 2.75) is 19.3 Å². The molecule has 4 heteroatoms. The molecular weight excluding hydrogens is 214 g/mol. The predicted molar refractivity (Wildman–Crippen MR) is 64.6 cm³/mol. The topological polar surface area (TPSA) is 71.8 Å². The van der Waals surface area contributed by atoms with E-state index in [-0.39, 0.29) is 0 Å². The second-order valence-corrected chi connectivity index (χ2v) is 4.31. The lowest BCUT2D eigenvalue weighted by Crippen LogP contribution is -2.11. The summed E-state index contributed by atoms with van der Waals surface area (Å²) in [6.07, 6.45) is 4.89. The van der Waals surface area contributed by atoms with Gasteiger partial charge in [-0.1, -0.05) is 18.2 Å². The summed E-state index contributed by atoms with van der Waals surface area (Å²) in [5.41, 5.74) is 10.2. The Morgan fingerprint density at radius 2 is 2.24 bits per heavy atom. The number of nitrogens with one attached hydrogen (secondary N) is 1. The molecule has 1 amide bonds. The first-order chi connectivity index (χ1) is 8.27. The molecule has 1 aromatic carbocycles. The summed E-state index contributed by atoms with van der Waals surface area (Å²) >= 11 is 0. The van der Waals surface area contributed by atoms with Crippen molar-refractivity contribution < 1.29 is 4.79 Å². The van der Waals surface area contributed by atoms with Crippen molar-refractivity contribution in [3.63, 3.8) is 0 Å². The van der Waals surface area contributed by atoms with Gasteiger partial charge < -0.3 is 5.73 Å². The molecule has 0 spiro atoms. The van der Waals surface area contributed by atoms with E-state index in [1.165, 1.54) is 17.5 Å². The molecule has 0 aliphatic heterocycles. The van der Waals surface area contributed by atoms with Gasteiger partial charge in [-0.2, -0.15) is 5.10 Å². The van der Waals surface area contributed by atoms with Crippen molar-refractivity contribution in [1.29, 1.82) is 0 Å². The molecule has 1 aliphatic carbocycles. The van der Waals surface area contributed by atoms with E-state index in [9.17, 15) is 4.79 Å². The molecule has 0 fully saturated rings. The Bertz CT molecular complexity index is 586. The largest absolute Gasteiger partial charge is 0.365 e. The van der Waals surface area contributed by atoms with E-state index in [1.54, 1.807) is 6.20 Å². The Balaban J connectivity index is 2.19. The van der Waals surface area contributed by atoms with Crippen LogP contribution in [0, 0.1) is 0 Å². The van der Waals surface area contributed by atoms with Gasteiger partial charge in [-0.05, 0) is 30.4 Å².